The van der Waals surface area contributed by atoms with E-state index in [9.17, 15) is 27.9 Å². The van der Waals surface area contributed by atoms with Gasteiger partial charge in [0.15, 0.2) is 5.78 Å². The summed E-state index contributed by atoms with van der Waals surface area (Å²) >= 11 is 5.93. The van der Waals surface area contributed by atoms with E-state index in [2.05, 4.69) is 10.3 Å². The largest absolute Gasteiger partial charge is 0.416 e. The zero-order chi connectivity index (χ0) is 26.9. The molecule has 1 aromatic heterocycles. The minimum absolute atomic E-state index is 0.00513. The van der Waals surface area contributed by atoms with Gasteiger partial charge in [-0.05, 0) is 72.9 Å². The van der Waals surface area contributed by atoms with E-state index in [1.54, 1.807) is 18.3 Å². The molecule has 0 bridgehead atoms. The van der Waals surface area contributed by atoms with Gasteiger partial charge < -0.3 is 5.11 Å². The Bertz CT molecular complexity index is 1300. The van der Waals surface area contributed by atoms with Crippen LogP contribution in [0.1, 0.15) is 46.6 Å². The fraction of sp³-hybridized carbons (Fsp3) is 0.321. The second-order valence-electron chi connectivity index (χ2n) is 9.42. The molecule has 1 heterocycles. The summed E-state index contributed by atoms with van der Waals surface area (Å²) < 4.78 is 38.8. The topological polar surface area (TPSA) is 79.3 Å². The minimum Gasteiger partial charge on any atom is -0.379 e. The van der Waals surface area contributed by atoms with Gasteiger partial charge >= 0.3 is 6.18 Å². The number of carbonyl (C=O) groups is 2. The molecule has 0 radical (unpaired) electrons. The number of rotatable bonds is 7. The lowest BCUT2D eigenvalue weighted by atomic mass is 9.85. The maximum atomic E-state index is 13.3. The first-order valence-corrected chi connectivity index (χ1v) is 12.2. The van der Waals surface area contributed by atoms with Gasteiger partial charge in [0.1, 0.15) is 17.9 Å². The van der Waals surface area contributed by atoms with E-state index in [0.29, 0.717) is 16.1 Å². The molecule has 1 aliphatic rings. The molecule has 3 aromatic rings. The normalized spacial score (nSPS) is 18.9. The minimum atomic E-state index is -4.46. The number of aliphatic hydroxyl groups excluding tert-OH is 1. The number of Topliss-reactive ketones (excluding diaryl/α,β-unsaturated/α-hetero) is 2. The molecule has 1 aliphatic carbocycles. The molecule has 194 valence electrons. The number of nitrogens with one attached hydrogen (secondary N) is 1. The van der Waals surface area contributed by atoms with Crippen LogP contribution < -0.4 is 5.32 Å². The standard InChI is InChI=1S/C28H26ClF3N2O3/c1-15-8-18(22-7-6-21(29)14-33-22)9-16(2)25(15)26-23(35)11-19(27(26)37)12-24(36)34-13-17-4-3-5-20(10-17)28(30,31)32/h3-10,14,19,24,26,34,36H,11-13H2,1-2H3. The number of aliphatic hydroxyl groups is 1. The van der Waals surface area contributed by atoms with E-state index >= 15 is 0 Å². The molecule has 9 heteroatoms. The Kier molecular flexibility index (Phi) is 7.83. The molecule has 0 amide bonds. The van der Waals surface area contributed by atoms with Crippen LogP contribution in [0.15, 0.2) is 54.7 Å². The van der Waals surface area contributed by atoms with Crippen LogP contribution in [0.2, 0.25) is 5.02 Å². The summed E-state index contributed by atoms with van der Waals surface area (Å²) in [5.41, 5.74) is 3.40. The van der Waals surface area contributed by atoms with Crippen LogP contribution in [0.3, 0.4) is 0 Å². The lowest BCUT2D eigenvalue weighted by Crippen LogP contribution is -2.32. The summed E-state index contributed by atoms with van der Waals surface area (Å²) in [5.74, 6) is -2.05. The predicted molar refractivity (Wildman–Crippen MR) is 134 cm³/mol. The Morgan fingerprint density at radius 2 is 1.81 bits per heavy atom. The summed E-state index contributed by atoms with van der Waals surface area (Å²) in [6, 6.07) is 12.1. The number of alkyl halides is 3. The predicted octanol–water partition coefficient (Wildman–Crippen LogP) is 5.78. The van der Waals surface area contributed by atoms with E-state index < -0.39 is 29.8 Å². The van der Waals surface area contributed by atoms with Crippen molar-refractivity contribution in [1.29, 1.82) is 0 Å². The second kappa shape index (κ2) is 10.7. The molecule has 5 nitrogen and oxygen atoms in total. The first-order valence-electron chi connectivity index (χ1n) is 11.8. The average Bonchev–Trinajstić information content (AvgIpc) is 3.10. The van der Waals surface area contributed by atoms with Crippen LogP contribution in [0.25, 0.3) is 11.3 Å². The molecule has 0 spiro atoms. The molecule has 1 fully saturated rings. The fourth-order valence-electron chi connectivity index (χ4n) is 4.93. The summed E-state index contributed by atoms with van der Waals surface area (Å²) in [4.78, 5) is 30.5. The maximum absolute atomic E-state index is 13.3. The van der Waals surface area contributed by atoms with Gasteiger partial charge in [-0.2, -0.15) is 13.2 Å². The van der Waals surface area contributed by atoms with Crippen molar-refractivity contribution < 1.29 is 27.9 Å². The van der Waals surface area contributed by atoms with Crippen LogP contribution in [0.4, 0.5) is 13.2 Å². The third-order valence-corrected chi connectivity index (χ3v) is 6.89. The molecule has 0 saturated heterocycles. The van der Waals surface area contributed by atoms with Crippen molar-refractivity contribution in [2.75, 3.05) is 0 Å². The molecule has 37 heavy (non-hydrogen) atoms. The molecular weight excluding hydrogens is 505 g/mol. The van der Waals surface area contributed by atoms with Crippen LogP contribution in [0, 0.1) is 19.8 Å². The Hall–Kier alpha value is -3.07. The SMILES string of the molecule is Cc1cc(-c2ccc(Cl)cn2)cc(C)c1C1C(=O)CC(CC(O)NCc2cccc(C(F)(F)F)c2)C1=O. The van der Waals surface area contributed by atoms with Crippen molar-refractivity contribution in [2.45, 2.75) is 51.6 Å². The Morgan fingerprint density at radius 3 is 2.43 bits per heavy atom. The van der Waals surface area contributed by atoms with Gasteiger partial charge in [-0.3, -0.25) is 19.9 Å². The van der Waals surface area contributed by atoms with Crippen molar-refractivity contribution in [1.82, 2.24) is 10.3 Å². The van der Waals surface area contributed by atoms with E-state index in [1.165, 1.54) is 12.1 Å². The van der Waals surface area contributed by atoms with E-state index in [4.69, 9.17) is 11.6 Å². The van der Waals surface area contributed by atoms with Crippen LogP contribution >= 0.6 is 11.6 Å². The summed E-state index contributed by atoms with van der Waals surface area (Å²) in [6.45, 7) is 3.68. The van der Waals surface area contributed by atoms with E-state index in [1.807, 2.05) is 26.0 Å². The van der Waals surface area contributed by atoms with Crippen LogP contribution in [0.5, 0.6) is 0 Å². The highest BCUT2D eigenvalue weighted by molar-refractivity contribution is 6.30. The average molecular weight is 531 g/mol. The lowest BCUT2D eigenvalue weighted by Gasteiger charge is -2.19. The quantitative estimate of drug-likeness (QED) is 0.299. The monoisotopic (exact) mass is 530 g/mol. The van der Waals surface area contributed by atoms with E-state index in [-0.39, 0.29) is 31.0 Å². The number of halogens is 4. The van der Waals surface area contributed by atoms with Crippen molar-refractivity contribution >= 4 is 23.2 Å². The third kappa shape index (κ3) is 6.09. The Labute approximate surface area is 217 Å². The molecule has 0 aliphatic heterocycles. The van der Waals surface area contributed by atoms with Gasteiger partial charge in [0, 0.05) is 30.6 Å². The van der Waals surface area contributed by atoms with Crippen LogP contribution in [-0.2, 0) is 22.3 Å². The number of aryl methyl sites for hydroxylation is 2. The van der Waals surface area contributed by atoms with Gasteiger partial charge in [-0.15, -0.1) is 0 Å². The highest BCUT2D eigenvalue weighted by Crippen LogP contribution is 2.39. The number of benzene rings is 2. The highest BCUT2D eigenvalue weighted by Gasteiger charge is 2.43. The molecule has 2 aromatic carbocycles. The zero-order valence-electron chi connectivity index (χ0n) is 20.3. The summed E-state index contributed by atoms with van der Waals surface area (Å²) in [7, 11) is 0. The van der Waals surface area contributed by atoms with Gasteiger partial charge in [-0.1, -0.05) is 29.8 Å². The van der Waals surface area contributed by atoms with Crippen LogP contribution in [-0.4, -0.2) is 27.9 Å². The highest BCUT2D eigenvalue weighted by atomic mass is 35.5. The van der Waals surface area contributed by atoms with Gasteiger partial charge in [0.2, 0.25) is 0 Å². The Balaban J connectivity index is 1.44. The number of hydrogen-bond acceptors (Lipinski definition) is 5. The number of hydrogen-bond donors (Lipinski definition) is 2. The number of ketones is 2. The molecule has 3 unspecified atom stereocenters. The molecule has 1 saturated carbocycles. The van der Waals surface area contributed by atoms with Gasteiger partial charge in [0.05, 0.1) is 16.3 Å². The first-order chi connectivity index (χ1) is 17.4. The zero-order valence-corrected chi connectivity index (χ0v) is 21.0. The molecule has 2 N–H and O–H groups in total. The van der Waals surface area contributed by atoms with Crippen molar-refractivity contribution in [2.24, 2.45) is 5.92 Å². The molecular formula is C28H26ClF3N2O3. The van der Waals surface area contributed by atoms with Crippen molar-refractivity contribution in [3.63, 3.8) is 0 Å². The lowest BCUT2D eigenvalue weighted by molar-refractivity contribution is -0.137. The number of pyridine rings is 1. The Morgan fingerprint density at radius 1 is 1.11 bits per heavy atom. The van der Waals surface area contributed by atoms with Gasteiger partial charge in [0.25, 0.3) is 0 Å². The smallest absolute Gasteiger partial charge is 0.379 e. The number of nitrogens with zero attached hydrogens (tertiary/aromatic N) is 1. The number of aromatic nitrogens is 1. The fourth-order valence-corrected chi connectivity index (χ4v) is 5.04. The van der Waals surface area contributed by atoms with Gasteiger partial charge in [-0.25, -0.2) is 0 Å². The third-order valence-electron chi connectivity index (χ3n) is 6.67. The van der Waals surface area contributed by atoms with Crippen molar-refractivity contribution in [3.05, 3.63) is 87.6 Å². The first kappa shape index (κ1) is 27.0. The molecule has 3 atom stereocenters. The summed E-state index contributed by atoms with van der Waals surface area (Å²) in [6.07, 6.45) is -4.07. The molecule has 4 rings (SSSR count). The second-order valence-corrected chi connectivity index (χ2v) is 9.86. The van der Waals surface area contributed by atoms with Crippen molar-refractivity contribution in [3.8, 4) is 11.3 Å². The van der Waals surface area contributed by atoms with E-state index in [0.717, 1.165) is 34.5 Å². The maximum Gasteiger partial charge on any atom is 0.416 e. The number of carbonyl (C=O) groups excluding carboxylic acids is 2. The summed E-state index contributed by atoms with van der Waals surface area (Å²) in [5, 5.41) is 13.7.